The van der Waals surface area contributed by atoms with E-state index in [0.29, 0.717) is 5.52 Å². The molecule has 3 rings (SSSR count). The van der Waals surface area contributed by atoms with Crippen LogP contribution in [0.25, 0.3) is 20.9 Å². The van der Waals surface area contributed by atoms with Crippen molar-refractivity contribution in [3.8, 4) is 16.3 Å². The fourth-order valence-corrected chi connectivity index (χ4v) is 3.36. The molecule has 3 aromatic heterocycles. The lowest BCUT2D eigenvalue weighted by molar-refractivity contribution is 0.455. The Morgan fingerprint density at radius 3 is 2.85 bits per heavy atom. The second kappa shape index (κ2) is 4.88. The molecule has 0 aromatic carbocycles. The van der Waals surface area contributed by atoms with Gasteiger partial charge in [0.25, 0.3) is 0 Å². The molecule has 0 aliphatic heterocycles. The van der Waals surface area contributed by atoms with Crippen LogP contribution in [0.1, 0.15) is 18.7 Å². The lowest BCUT2D eigenvalue weighted by atomic mass is 10.2. The van der Waals surface area contributed by atoms with Crippen LogP contribution in [0.3, 0.4) is 0 Å². The van der Waals surface area contributed by atoms with Crippen molar-refractivity contribution < 1.29 is 5.11 Å². The molecule has 0 spiro atoms. The van der Waals surface area contributed by atoms with E-state index in [4.69, 9.17) is 0 Å². The van der Waals surface area contributed by atoms with Crippen molar-refractivity contribution in [2.75, 3.05) is 7.05 Å². The molecule has 6 heteroatoms. The number of pyridine rings is 1. The van der Waals surface area contributed by atoms with E-state index in [1.807, 2.05) is 37.7 Å². The number of aromatic nitrogens is 3. The maximum Gasteiger partial charge on any atom is 0.165 e. The lowest BCUT2D eigenvalue weighted by Crippen LogP contribution is -2.15. The molecule has 2 N–H and O–H groups in total. The van der Waals surface area contributed by atoms with Crippen LogP contribution in [0.5, 0.6) is 5.75 Å². The number of nitrogens with one attached hydrogen (secondary N) is 1. The first-order valence-corrected chi connectivity index (χ1v) is 7.21. The fourth-order valence-electron chi connectivity index (χ4n) is 2.33. The van der Waals surface area contributed by atoms with Crippen molar-refractivity contribution >= 4 is 21.7 Å². The van der Waals surface area contributed by atoms with Gasteiger partial charge in [-0.1, -0.05) is 11.3 Å². The van der Waals surface area contributed by atoms with Gasteiger partial charge in [-0.05, 0) is 26.1 Å². The molecule has 0 radical (unpaired) electrons. The summed E-state index contributed by atoms with van der Waals surface area (Å²) in [7, 11) is 3.83. The van der Waals surface area contributed by atoms with E-state index in [1.54, 1.807) is 23.7 Å². The second-order valence-corrected chi connectivity index (χ2v) is 5.70. The number of thiazole rings is 1. The SMILES string of the molecule is CNC(C)c1c(O)c2nc(-c3cccnc3)sc2n1C. The highest BCUT2D eigenvalue weighted by atomic mass is 32.1. The summed E-state index contributed by atoms with van der Waals surface area (Å²) in [4.78, 5) is 9.64. The maximum absolute atomic E-state index is 10.4. The number of rotatable bonds is 3. The summed E-state index contributed by atoms with van der Waals surface area (Å²) in [6, 6.07) is 3.93. The van der Waals surface area contributed by atoms with E-state index in [2.05, 4.69) is 15.3 Å². The van der Waals surface area contributed by atoms with Crippen LogP contribution >= 0.6 is 11.3 Å². The van der Waals surface area contributed by atoms with Gasteiger partial charge in [-0.2, -0.15) is 0 Å². The molecule has 0 aliphatic rings. The quantitative estimate of drug-likeness (QED) is 0.778. The van der Waals surface area contributed by atoms with Crippen LogP contribution in [0.2, 0.25) is 0 Å². The third-order valence-corrected chi connectivity index (χ3v) is 4.67. The zero-order chi connectivity index (χ0) is 14.3. The van der Waals surface area contributed by atoms with Gasteiger partial charge in [0.15, 0.2) is 5.75 Å². The molecule has 0 amide bonds. The van der Waals surface area contributed by atoms with Crippen LogP contribution in [0.4, 0.5) is 0 Å². The van der Waals surface area contributed by atoms with Gasteiger partial charge in [0.1, 0.15) is 15.4 Å². The van der Waals surface area contributed by atoms with Crippen LogP contribution in [-0.2, 0) is 7.05 Å². The highest BCUT2D eigenvalue weighted by Crippen LogP contribution is 2.40. The number of aryl methyl sites for hydroxylation is 1. The Morgan fingerprint density at radius 2 is 2.25 bits per heavy atom. The topological polar surface area (TPSA) is 63.0 Å². The molecule has 1 atom stereocenters. The first-order chi connectivity index (χ1) is 9.63. The molecule has 0 bridgehead atoms. The van der Waals surface area contributed by atoms with E-state index in [0.717, 1.165) is 21.1 Å². The summed E-state index contributed by atoms with van der Waals surface area (Å²) in [6.45, 7) is 2.01. The van der Waals surface area contributed by atoms with Crippen LogP contribution in [-0.4, -0.2) is 26.7 Å². The number of aromatic hydroxyl groups is 1. The Labute approximate surface area is 120 Å². The van der Waals surface area contributed by atoms with Gasteiger partial charge in [0.2, 0.25) is 0 Å². The molecule has 0 saturated carbocycles. The van der Waals surface area contributed by atoms with Gasteiger partial charge < -0.3 is 15.0 Å². The smallest absolute Gasteiger partial charge is 0.165 e. The summed E-state index contributed by atoms with van der Waals surface area (Å²) < 4.78 is 2.00. The van der Waals surface area contributed by atoms with Gasteiger partial charge in [-0.3, -0.25) is 4.98 Å². The third-order valence-electron chi connectivity index (χ3n) is 3.49. The molecule has 104 valence electrons. The standard InChI is InChI=1S/C14H16N4OS/c1-8(15-2)11-12(19)10-14(18(11)3)20-13(17-10)9-5-4-6-16-7-9/h4-8,15,19H,1-3H3. The summed E-state index contributed by atoms with van der Waals surface area (Å²) in [5, 5.41) is 14.4. The second-order valence-electron chi connectivity index (χ2n) is 4.72. The first kappa shape index (κ1) is 13.1. The van der Waals surface area contributed by atoms with Gasteiger partial charge in [-0.15, -0.1) is 0 Å². The minimum atomic E-state index is 0.0724. The van der Waals surface area contributed by atoms with E-state index in [9.17, 15) is 5.11 Å². The molecule has 3 heterocycles. The number of hydrogen-bond acceptors (Lipinski definition) is 5. The Hall–Kier alpha value is -1.92. The molecule has 0 fully saturated rings. The first-order valence-electron chi connectivity index (χ1n) is 6.39. The van der Waals surface area contributed by atoms with E-state index in [-0.39, 0.29) is 11.8 Å². The number of hydrogen-bond donors (Lipinski definition) is 2. The van der Waals surface area contributed by atoms with Gasteiger partial charge in [0.05, 0.1) is 5.69 Å². The molecule has 0 saturated heterocycles. The predicted octanol–water partition coefficient (Wildman–Crippen LogP) is 2.68. The van der Waals surface area contributed by atoms with Gasteiger partial charge in [-0.25, -0.2) is 4.98 Å². The predicted molar refractivity (Wildman–Crippen MR) is 81.0 cm³/mol. The summed E-state index contributed by atoms with van der Waals surface area (Å²) in [5.41, 5.74) is 2.49. The Morgan fingerprint density at radius 1 is 1.45 bits per heavy atom. The average molecular weight is 288 g/mol. The molecule has 5 nitrogen and oxygen atoms in total. The zero-order valence-electron chi connectivity index (χ0n) is 11.6. The van der Waals surface area contributed by atoms with Crippen molar-refractivity contribution in [2.45, 2.75) is 13.0 Å². The Bertz CT molecular complexity index is 710. The van der Waals surface area contributed by atoms with Crippen LogP contribution in [0, 0.1) is 0 Å². The minimum absolute atomic E-state index is 0.0724. The average Bonchev–Trinajstić information content (AvgIpc) is 3.01. The lowest BCUT2D eigenvalue weighted by Gasteiger charge is -2.12. The van der Waals surface area contributed by atoms with Gasteiger partial charge >= 0.3 is 0 Å². The molecular formula is C14H16N4OS. The van der Waals surface area contributed by atoms with Crippen molar-refractivity contribution in [3.63, 3.8) is 0 Å². The highest BCUT2D eigenvalue weighted by Gasteiger charge is 2.22. The van der Waals surface area contributed by atoms with Crippen molar-refractivity contribution in [1.29, 1.82) is 0 Å². The minimum Gasteiger partial charge on any atom is -0.504 e. The van der Waals surface area contributed by atoms with Crippen LogP contribution < -0.4 is 5.32 Å². The van der Waals surface area contributed by atoms with Crippen molar-refractivity contribution in [1.82, 2.24) is 19.9 Å². The van der Waals surface area contributed by atoms with Crippen LogP contribution in [0.15, 0.2) is 24.5 Å². The highest BCUT2D eigenvalue weighted by molar-refractivity contribution is 7.21. The van der Waals surface area contributed by atoms with Gasteiger partial charge in [0, 0.05) is 31.0 Å². The maximum atomic E-state index is 10.4. The molecule has 1 unspecified atom stereocenters. The van der Waals surface area contributed by atoms with E-state index < -0.39 is 0 Å². The van der Waals surface area contributed by atoms with Crippen molar-refractivity contribution in [3.05, 3.63) is 30.2 Å². The zero-order valence-corrected chi connectivity index (χ0v) is 12.4. The number of nitrogens with zero attached hydrogens (tertiary/aromatic N) is 3. The summed E-state index contributed by atoms with van der Waals surface area (Å²) >= 11 is 1.56. The Kier molecular flexibility index (Phi) is 3.19. The van der Waals surface area contributed by atoms with Crippen molar-refractivity contribution in [2.24, 2.45) is 7.05 Å². The van der Waals surface area contributed by atoms with E-state index >= 15 is 0 Å². The summed E-state index contributed by atoms with van der Waals surface area (Å²) in [5.74, 6) is 0.260. The molecule has 0 aliphatic carbocycles. The fraction of sp³-hybridized carbons (Fsp3) is 0.286. The normalized spacial score (nSPS) is 12.9. The number of fused-ring (bicyclic) bond motifs is 1. The largest absolute Gasteiger partial charge is 0.504 e. The molecular weight excluding hydrogens is 272 g/mol. The molecule has 3 aromatic rings. The third kappa shape index (κ3) is 1.88. The summed E-state index contributed by atoms with van der Waals surface area (Å²) in [6.07, 6.45) is 3.52. The molecule has 20 heavy (non-hydrogen) atoms. The van der Waals surface area contributed by atoms with E-state index in [1.165, 1.54) is 0 Å². The Balaban J connectivity index is 2.17. The monoisotopic (exact) mass is 288 g/mol.